The van der Waals surface area contributed by atoms with Crippen LogP contribution in [0.4, 0.5) is 5.69 Å². The molecule has 0 bridgehead atoms. The average Bonchev–Trinajstić information content (AvgIpc) is 3.01. The van der Waals surface area contributed by atoms with Crippen LogP contribution in [0.2, 0.25) is 0 Å². The quantitative estimate of drug-likeness (QED) is 0.201. The number of esters is 1. The van der Waals surface area contributed by atoms with Crippen LogP contribution < -0.4 is 33.6 Å². The van der Waals surface area contributed by atoms with Crippen molar-refractivity contribution in [2.75, 3.05) is 45.7 Å². The SMILES string of the molecule is COc1ccc(C2Sc3ccccc3N(CC[N+](C)(C)CCc3cccc(C)c3)C(=O)C2OC(C)=O)cc1.[I-]. The number of quaternary nitrogens is 1. The molecular formula is C31H37IN2O4S. The van der Waals surface area contributed by atoms with E-state index < -0.39 is 12.1 Å². The van der Waals surface area contributed by atoms with E-state index in [-0.39, 0.29) is 35.1 Å². The lowest BCUT2D eigenvalue weighted by Gasteiger charge is -2.34. The van der Waals surface area contributed by atoms with Gasteiger partial charge in [0.1, 0.15) is 5.75 Å². The molecule has 4 rings (SSSR count). The fourth-order valence-electron chi connectivity index (χ4n) is 4.72. The van der Waals surface area contributed by atoms with Crippen molar-refractivity contribution in [2.45, 2.75) is 36.5 Å². The summed E-state index contributed by atoms with van der Waals surface area (Å²) in [5.41, 5.74) is 4.34. The van der Waals surface area contributed by atoms with Crippen molar-refractivity contribution in [1.82, 2.24) is 0 Å². The molecule has 2 atom stereocenters. The van der Waals surface area contributed by atoms with Gasteiger partial charge >= 0.3 is 5.97 Å². The Morgan fingerprint density at radius 2 is 1.72 bits per heavy atom. The zero-order valence-electron chi connectivity index (χ0n) is 23.2. The third-order valence-corrected chi connectivity index (χ3v) is 8.32. The second kappa shape index (κ2) is 13.7. The molecule has 39 heavy (non-hydrogen) atoms. The Bertz CT molecular complexity index is 1280. The number of benzene rings is 3. The molecule has 0 aromatic heterocycles. The molecule has 1 amide bonds. The molecule has 0 radical (unpaired) electrons. The summed E-state index contributed by atoms with van der Waals surface area (Å²) in [6, 6.07) is 24.2. The highest BCUT2D eigenvalue weighted by Gasteiger charge is 2.41. The first-order valence-electron chi connectivity index (χ1n) is 12.9. The first-order valence-corrected chi connectivity index (χ1v) is 13.8. The minimum Gasteiger partial charge on any atom is -1.00 e. The third-order valence-electron chi connectivity index (χ3n) is 6.95. The molecule has 1 aliphatic rings. The lowest BCUT2D eigenvalue weighted by Crippen LogP contribution is -3.00. The molecule has 3 aromatic rings. The minimum atomic E-state index is -0.943. The number of halogens is 1. The van der Waals surface area contributed by atoms with Crippen LogP contribution in [0.1, 0.15) is 28.9 Å². The van der Waals surface area contributed by atoms with Gasteiger partial charge in [-0.15, -0.1) is 11.8 Å². The van der Waals surface area contributed by atoms with Gasteiger partial charge in [-0.05, 0) is 42.3 Å². The standard InChI is InChI=1S/C31H37N2O4S.HI/c1-22-9-8-10-24(21-22)17-19-33(3,4)20-18-32-27-11-6-7-12-28(27)38-30(29(31(32)35)37-23(2)34)25-13-15-26(36-5)16-14-25;/h6-16,21,29-30H,17-20H2,1-5H3;1H/q+1;/p-1. The Morgan fingerprint density at radius 3 is 2.38 bits per heavy atom. The number of ether oxygens (including phenoxy) is 2. The van der Waals surface area contributed by atoms with Crippen LogP contribution in [0.25, 0.3) is 0 Å². The number of carbonyl (C=O) groups is 2. The number of aryl methyl sites for hydroxylation is 1. The molecule has 8 heteroatoms. The van der Waals surface area contributed by atoms with Gasteiger partial charge in [-0.25, -0.2) is 0 Å². The van der Waals surface area contributed by atoms with Crippen LogP contribution in [-0.4, -0.2) is 63.3 Å². The summed E-state index contributed by atoms with van der Waals surface area (Å²) >= 11 is 1.56. The van der Waals surface area contributed by atoms with E-state index in [1.807, 2.05) is 53.4 Å². The third kappa shape index (κ3) is 7.99. The number of para-hydroxylation sites is 1. The molecule has 6 nitrogen and oxygen atoms in total. The van der Waals surface area contributed by atoms with Crippen molar-refractivity contribution in [2.24, 2.45) is 0 Å². The highest BCUT2D eigenvalue weighted by atomic mass is 127. The molecule has 208 valence electrons. The van der Waals surface area contributed by atoms with Gasteiger partial charge in [0.05, 0.1) is 51.8 Å². The summed E-state index contributed by atoms with van der Waals surface area (Å²) in [5.74, 6) is 0.0650. The largest absolute Gasteiger partial charge is 1.00 e. The molecule has 0 fully saturated rings. The van der Waals surface area contributed by atoms with E-state index in [0.717, 1.165) is 45.9 Å². The van der Waals surface area contributed by atoms with E-state index in [0.29, 0.717) is 6.54 Å². The molecule has 0 saturated heterocycles. The Hall–Kier alpha value is -2.56. The average molecular weight is 661 g/mol. The summed E-state index contributed by atoms with van der Waals surface area (Å²) in [6.45, 7) is 5.70. The van der Waals surface area contributed by atoms with Crippen molar-refractivity contribution >= 4 is 29.3 Å². The number of thioether (sulfide) groups is 1. The summed E-state index contributed by atoms with van der Waals surface area (Å²) in [5, 5.41) is -0.382. The van der Waals surface area contributed by atoms with Crippen molar-refractivity contribution in [3.8, 4) is 5.75 Å². The van der Waals surface area contributed by atoms with Crippen LogP contribution in [0.15, 0.2) is 77.7 Å². The topological polar surface area (TPSA) is 55.8 Å². The Morgan fingerprint density at radius 1 is 1.00 bits per heavy atom. The molecule has 0 N–H and O–H groups in total. The van der Waals surface area contributed by atoms with Crippen molar-refractivity contribution in [1.29, 1.82) is 0 Å². The second-order valence-electron chi connectivity index (χ2n) is 10.4. The number of fused-ring (bicyclic) bond motifs is 1. The maximum Gasteiger partial charge on any atom is 0.303 e. The Kier molecular flexibility index (Phi) is 10.9. The number of nitrogens with zero attached hydrogens (tertiary/aromatic N) is 2. The number of hydrogen-bond donors (Lipinski definition) is 0. The molecule has 0 aliphatic carbocycles. The monoisotopic (exact) mass is 660 g/mol. The van der Waals surface area contributed by atoms with Crippen LogP contribution >= 0.6 is 11.8 Å². The van der Waals surface area contributed by atoms with Crippen molar-refractivity contribution in [3.05, 3.63) is 89.5 Å². The predicted octanol–water partition coefficient (Wildman–Crippen LogP) is 2.44. The van der Waals surface area contributed by atoms with Gasteiger partial charge in [-0.1, -0.05) is 54.1 Å². The number of hydrogen-bond acceptors (Lipinski definition) is 5. The van der Waals surface area contributed by atoms with Crippen LogP contribution in [0, 0.1) is 6.92 Å². The van der Waals surface area contributed by atoms with E-state index in [9.17, 15) is 9.59 Å². The lowest BCUT2D eigenvalue weighted by molar-refractivity contribution is -0.888. The second-order valence-corrected chi connectivity index (χ2v) is 11.6. The van der Waals surface area contributed by atoms with E-state index in [1.54, 1.807) is 18.9 Å². The fraction of sp³-hybridized carbons (Fsp3) is 0.355. The van der Waals surface area contributed by atoms with Crippen molar-refractivity contribution < 1.29 is 47.5 Å². The van der Waals surface area contributed by atoms with Gasteiger partial charge in [-0.3, -0.25) is 9.59 Å². The number of likely N-dealkylation sites (N-methyl/N-ethyl adjacent to an activating group) is 1. The lowest BCUT2D eigenvalue weighted by atomic mass is 10.1. The summed E-state index contributed by atoms with van der Waals surface area (Å²) in [7, 11) is 6.01. The van der Waals surface area contributed by atoms with Gasteiger partial charge in [0.2, 0.25) is 0 Å². The summed E-state index contributed by atoms with van der Waals surface area (Å²) < 4.78 is 11.8. The molecule has 1 heterocycles. The summed E-state index contributed by atoms with van der Waals surface area (Å²) in [4.78, 5) is 29.0. The number of carbonyl (C=O) groups excluding carboxylic acids is 2. The van der Waals surface area contributed by atoms with Crippen LogP contribution in [-0.2, 0) is 20.7 Å². The number of methoxy groups -OCH3 is 1. The molecule has 2 unspecified atom stereocenters. The molecule has 1 aliphatic heterocycles. The van der Waals surface area contributed by atoms with Gasteiger partial charge in [0.15, 0.2) is 6.10 Å². The zero-order chi connectivity index (χ0) is 27.3. The molecule has 3 aromatic carbocycles. The number of anilines is 1. The first-order chi connectivity index (χ1) is 18.2. The molecular weight excluding hydrogens is 623 g/mol. The smallest absolute Gasteiger partial charge is 0.303 e. The van der Waals surface area contributed by atoms with Crippen LogP contribution in [0.3, 0.4) is 0 Å². The highest BCUT2D eigenvalue weighted by molar-refractivity contribution is 7.99. The number of rotatable bonds is 9. The zero-order valence-corrected chi connectivity index (χ0v) is 26.2. The van der Waals surface area contributed by atoms with Gasteiger partial charge in [0, 0.05) is 18.2 Å². The Labute approximate surface area is 253 Å². The summed E-state index contributed by atoms with van der Waals surface area (Å²) in [6.07, 6.45) is 0.0196. The van der Waals surface area contributed by atoms with Crippen molar-refractivity contribution in [3.63, 3.8) is 0 Å². The molecule has 0 spiro atoms. The maximum absolute atomic E-state index is 14.1. The first kappa shape index (κ1) is 31.0. The van der Waals surface area contributed by atoms with E-state index in [1.165, 1.54) is 18.1 Å². The maximum atomic E-state index is 14.1. The van der Waals surface area contributed by atoms with Gasteiger partial charge in [0.25, 0.3) is 5.91 Å². The fourth-order valence-corrected chi connectivity index (χ4v) is 6.04. The van der Waals surface area contributed by atoms with E-state index in [2.05, 4.69) is 45.3 Å². The van der Waals surface area contributed by atoms with E-state index in [4.69, 9.17) is 9.47 Å². The van der Waals surface area contributed by atoms with Gasteiger partial charge in [-0.2, -0.15) is 0 Å². The van der Waals surface area contributed by atoms with E-state index >= 15 is 0 Å². The molecule has 0 saturated carbocycles. The highest BCUT2D eigenvalue weighted by Crippen LogP contribution is 2.46. The number of amides is 1. The minimum absolute atomic E-state index is 0. The Balaban J connectivity index is 0.00000420. The van der Waals surface area contributed by atoms with Crippen LogP contribution in [0.5, 0.6) is 5.75 Å². The predicted molar refractivity (Wildman–Crippen MR) is 153 cm³/mol. The normalized spacial score (nSPS) is 17.1. The van der Waals surface area contributed by atoms with Gasteiger partial charge < -0.3 is 42.8 Å².